The number of carbonyl (C=O) groups is 1. The van der Waals surface area contributed by atoms with E-state index in [0.29, 0.717) is 32.8 Å². The van der Waals surface area contributed by atoms with E-state index in [1.54, 1.807) is 25.1 Å². The molecule has 3 heterocycles. The molecule has 2 aromatic carbocycles. The minimum atomic E-state index is -4.27. The molecule has 6 rings (SSSR count). The van der Waals surface area contributed by atoms with E-state index in [1.807, 2.05) is 0 Å². The number of benzene rings is 2. The van der Waals surface area contributed by atoms with Crippen LogP contribution >= 0.6 is 0 Å². The van der Waals surface area contributed by atoms with Crippen LogP contribution in [0.5, 0.6) is 0 Å². The highest BCUT2D eigenvalue weighted by Gasteiger charge is 2.51. The number of hydrogen-bond donors (Lipinski definition) is 4. The minimum Gasteiger partial charge on any atom is -0.378 e. The van der Waals surface area contributed by atoms with E-state index in [-0.39, 0.29) is 46.7 Å². The number of anilines is 1. The Labute approximate surface area is 317 Å². The monoisotopic (exact) mass is 802 g/mol. The molecule has 5 aromatic rings. The van der Waals surface area contributed by atoms with Gasteiger partial charge in [-0.3, -0.25) is 18.9 Å². The molecule has 2 atom stereocenters. The van der Waals surface area contributed by atoms with Crippen molar-refractivity contribution in [3.63, 3.8) is 0 Å². The van der Waals surface area contributed by atoms with E-state index >= 15 is 8.78 Å². The largest absolute Gasteiger partial charge is 0.378 e. The molecule has 0 aliphatic heterocycles. The number of halogens is 6. The van der Waals surface area contributed by atoms with Crippen LogP contribution in [0.25, 0.3) is 22.0 Å². The van der Waals surface area contributed by atoms with E-state index in [4.69, 9.17) is 10.1 Å². The highest BCUT2D eigenvalue weighted by Crippen LogP contribution is 2.48. The molecule has 1 aliphatic carbocycles. The molecule has 0 saturated carbocycles. The van der Waals surface area contributed by atoms with Crippen LogP contribution < -0.4 is 15.2 Å². The average molecular weight is 803 g/mol. The van der Waals surface area contributed by atoms with Gasteiger partial charge in [0.05, 0.1) is 17.3 Å². The van der Waals surface area contributed by atoms with E-state index in [2.05, 4.69) is 32.1 Å². The summed E-state index contributed by atoms with van der Waals surface area (Å²) in [5, 5.41) is 26.6. The van der Waals surface area contributed by atoms with Crippen LogP contribution in [0.2, 0.25) is 0 Å². The van der Waals surface area contributed by atoms with Crippen molar-refractivity contribution >= 4 is 32.8 Å². The third-order valence-corrected chi connectivity index (χ3v) is 9.68. The Morgan fingerprint density at radius 1 is 1.09 bits per heavy atom. The normalized spacial score (nSPS) is 15.8. The lowest BCUT2D eigenvalue weighted by Crippen LogP contribution is -2.35. The maximum atomic E-state index is 15.3. The molecular weight excluding hydrogens is 767 g/mol. The fourth-order valence-corrected chi connectivity index (χ4v) is 7.27. The predicted molar refractivity (Wildman–Crippen MR) is 193 cm³/mol. The van der Waals surface area contributed by atoms with Gasteiger partial charge in [0, 0.05) is 41.1 Å². The standard InChI is InChI=1S/C37H36F6N8O4S/c1-18-6-8-25(32-29(18)35(48-50(32)5)49-56(44,54)55)24-9-7-23(10-11-36(3,4)53)45-30(24)27(15-20-13-21(38)16-22(39)14-20)46-28(52)17-51-33-26(31(47-51)34(40)41)12-19(2)37(33,42)43/h6-9,13-14,16,19,27,34,53H,12,15,17H2,1-5H3,(H,46,52)(H,48,49)(H2,44,54,55)/t19-,27+/m1/s1. The number of alkyl halides is 4. The first-order chi connectivity index (χ1) is 26.0. The summed E-state index contributed by atoms with van der Waals surface area (Å²) in [6, 6.07) is 7.79. The van der Waals surface area contributed by atoms with Crippen molar-refractivity contribution in [2.24, 2.45) is 18.1 Å². The van der Waals surface area contributed by atoms with Crippen molar-refractivity contribution in [3.05, 3.63) is 93.6 Å². The van der Waals surface area contributed by atoms with Gasteiger partial charge in [-0.25, -0.2) is 27.7 Å². The van der Waals surface area contributed by atoms with Crippen molar-refractivity contribution in [3.8, 4) is 23.0 Å². The first-order valence-corrected chi connectivity index (χ1v) is 18.6. The second-order valence-electron chi connectivity index (χ2n) is 14.2. The van der Waals surface area contributed by atoms with Gasteiger partial charge in [-0.1, -0.05) is 25.0 Å². The Kier molecular flexibility index (Phi) is 10.5. The lowest BCUT2D eigenvalue weighted by molar-refractivity contribution is -0.123. The Morgan fingerprint density at radius 2 is 1.75 bits per heavy atom. The van der Waals surface area contributed by atoms with Crippen molar-refractivity contribution in [2.75, 3.05) is 4.72 Å². The van der Waals surface area contributed by atoms with Crippen LogP contribution in [-0.4, -0.2) is 49.6 Å². The predicted octanol–water partition coefficient (Wildman–Crippen LogP) is 5.48. The molecule has 19 heteroatoms. The molecule has 0 unspecified atom stereocenters. The molecule has 12 nitrogen and oxygen atoms in total. The number of pyridine rings is 1. The van der Waals surface area contributed by atoms with Gasteiger partial charge in [-0.05, 0) is 74.9 Å². The van der Waals surface area contributed by atoms with Crippen LogP contribution in [0.15, 0.2) is 42.5 Å². The minimum absolute atomic E-state index is 0.0378. The molecule has 1 amide bonds. The van der Waals surface area contributed by atoms with Gasteiger partial charge in [-0.15, -0.1) is 0 Å². The zero-order valence-corrected chi connectivity index (χ0v) is 31.4. The van der Waals surface area contributed by atoms with Gasteiger partial charge < -0.3 is 10.4 Å². The summed E-state index contributed by atoms with van der Waals surface area (Å²) in [6.45, 7) is 4.84. The number of nitrogens with one attached hydrogen (secondary N) is 2. The molecule has 0 saturated heterocycles. The van der Waals surface area contributed by atoms with Gasteiger partial charge in [0.25, 0.3) is 22.6 Å². The van der Waals surface area contributed by atoms with E-state index in [9.17, 15) is 35.9 Å². The topological polar surface area (TPSA) is 170 Å². The van der Waals surface area contributed by atoms with Crippen molar-refractivity contribution in [1.82, 2.24) is 29.9 Å². The molecule has 56 heavy (non-hydrogen) atoms. The van der Waals surface area contributed by atoms with E-state index < -0.39 is 75.6 Å². The number of carbonyl (C=O) groups excluding carboxylic acids is 1. The molecule has 0 radical (unpaired) electrons. The fraction of sp³-hybridized carbons (Fsp3) is 0.351. The lowest BCUT2D eigenvalue weighted by atomic mass is 9.93. The van der Waals surface area contributed by atoms with Crippen molar-refractivity contribution in [1.29, 1.82) is 0 Å². The molecule has 0 spiro atoms. The van der Waals surface area contributed by atoms with Gasteiger partial charge in [0.2, 0.25) is 5.91 Å². The first-order valence-electron chi connectivity index (χ1n) is 17.1. The molecule has 1 aliphatic rings. The molecule has 5 N–H and O–H groups in total. The smallest absolute Gasteiger partial charge is 0.297 e. The average Bonchev–Trinajstić information content (AvgIpc) is 3.67. The first kappa shape index (κ1) is 40.2. The van der Waals surface area contributed by atoms with Crippen LogP contribution in [0, 0.1) is 36.3 Å². The highest BCUT2D eigenvalue weighted by molar-refractivity contribution is 7.90. The number of hydrogen-bond acceptors (Lipinski definition) is 7. The Hall–Kier alpha value is -5.45. The number of rotatable bonds is 10. The number of nitrogens with zero attached hydrogens (tertiary/aromatic N) is 5. The number of aromatic nitrogens is 5. The van der Waals surface area contributed by atoms with Gasteiger partial charge >= 0.3 is 0 Å². The summed E-state index contributed by atoms with van der Waals surface area (Å²) in [7, 11) is -2.73. The van der Waals surface area contributed by atoms with Gasteiger partial charge in [-0.2, -0.15) is 27.4 Å². The van der Waals surface area contributed by atoms with Crippen molar-refractivity contribution < 1.29 is 44.7 Å². The summed E-state index contributed by atoms with van der Waals surface area (Å²) >= 11 is 0. The SMILES string of the molecule is Cc1ccc(-c2ccc(C#CC(C)(C)O)nc2[C@H](Cc2cc(F)cc(F)c2)NC(=O)Cn2nc(C(F)F)c3c2C(F)(F)[C@H](C)C3)c2c1c(NS(N)(=O)=O)nn2C. The molecule has 0 bridgehead atoms. The maximum absolute atomic E-state index is 15.3. The number of nitrogens with two attached hydrogens (primary N) is 1. The summed E-state index contributed by atoms with van der Waals surface area (Å²) in [5.41, 5.74) is -1.65. The van der Waals surface area contributed by atoms with Crippen LogP contribution in [-0.2, 0) is 47.4 Å². The van der Waals surface area contributed by atoms with E-state index in [0.717, 1.165) is 12.1 Å². The van der Waals surface area contributed by atoms with Crippen molar-refractivity contribution in [2.45, 2.75) is 71.1 Å². The Balaban J connectivity index is 1.54. The summed E-state index contributed by atoms with van der Waals surface area (Å²) < 4.78 is 116. The summed E-state index contributed by atoms with van der Waals surface area (Å²) in [4.78, 5) is 18.6. The number of fused-ring (bicyclic) bond motifs is 2. The third-order valence-electron chi connectivity index (χ3n) is 9.20. The van der Waals surface area contributed by atoms with Gasteiger partial charge in [0.15, 0.2) is 5.82 Å². The summed E-state index contributed by atoms with van der Waals surface area (Å²) in [6.07, 6.45) is -3.91. The maximum Gasteiger partial charge on any atom is 0.297 e. The van der Waals surface area contributed by atoms with Crippen LogP contribution in [0.4, 0.5) is 32.2 Å². The molecular formula is C37H36F6N8O4S. The number of amides is 1. The Morgan fingerprint density at radius 3 is 2.38 bits per heavy atom. The number of aryl methyl sites for hydroxylation is 2. The number of aliphatic hydroxyl groups is 1. The zero-order chi connectivity index (χ0) is 41.1. The van der Waals surface area contributed by atoms with Gasteiger partial charge in [0.1, 0.15) is 40.9 Å². The quantitative estimate of drug-likeness (QED) is 0.107. The summed E-state index contributed by atoms with van der Waals surface area (Å²) in [5.74, 6) is -2.46. The van der Waals surface area contributed by atoms with E-state index in [1.165, 1.54) is 38.6 Å². The second-order valence-corrected chi connectivity index (χ2v) is 15.5. The fourth-order valence-electron chi connectivity index (χ4n) is 6.86. The molecule has 0 fully saturated rings. The molecule has 3 aromatic heterocycles. The van der Waals surface area contributed by atoms with Crippen LogP contribution in [0.1, 0.15) is 72.7 Å². The zero-order valence-electron chi connectivity index (χ0n) is 30.6. The second kappa shape index (κ2) is 14.6. The molecule has 296 valence electrons. The lowest BCUT2D eigenvalue weighted by Gasteiger charge is -2.23. The highest BCUT2D eigenvalue weighted by atomic mass is 32.2. The Bertz CT molecular complexity index is 2530. The van der Waals surface area contributed by atoms with Crippen LogP contribution in [0.3, 0.4) is 0 Å². The third kappa shape index (κ3) is 8.22.